The highest BCUT2D eigenvalue weighted by molar-refractivity contribution is 6.30. The summed E-state index contributed by atoms with van der Waals surface area (Å²) in [6.07, 6.45) is -0.883. The van der Waals surface area contributed by atoms with Crippen molar-refractivity contribution in [3.8, 4) is 5.75 Å². The summed E-state index contributed by atoms with van der Waals surface area (Å²) in [6, 6.07) is 29.9. The number of aliphatic hydroxyl groups excluding tert-OH is 1. The number of carbonyl (C=O) groups excluding carboxylic acids is 1. The van der Waals surface area contributed by atoms with Crippen LogP contribution in [0.4, 0.5) is 0 Å². The summed E-state index contributed by atoms with van der Waals surface area (Å²) >= 11 is 5.98. The fourth-order valence-corrected chi connectivity index (χ4v) is 4.22. The molecule has 0 spiro atoms. The normalized spacial score (nSPS) is 12.1. The third-order valence-corrected chi connectivity index (χ3v) is 6.07. The van der Waals surface area contributed by atoms with E-state index in [1.54, 1.807) is 29.2 Å². The van der Waals surface area contributed by atoms with Crippen molar-refractivity contribution in [2.75, 3.05) is 13.2 Å². The Morgan fingerprint density at radius 1 is 0.886 bits per heavy atom. The van der Waals surface area contributed by atoms with Gasteiger partial charge < -0.3 is 19.2 Å². The molecule has 1 N–H and O–H groups in total. The highest BCUT2D eigenvalue weighted by Crippen LogP contribution is 2.31. The molecule has 0 aliphatic rings. The highest BCUT2D eigenvalue weighted by Gasteiger charge is 2.20. The number of aliphatic hydroxyl groups is 1. The van der Waals surface area contributed by atoms with E-state index in [2.05, 4.69) is 0 Å². The molecule has 5 rings (SSSR count). The third kappa shape index (κ3) is 5.32. The summed E-state index contributed by atoms with van der Waals surface area (Å²) in [4.78, 5) is 14.9. The van der Waals surface area contributed by atoms with Gasteiger partial charge in [0, 0.05) is 27.9 Å². The summed E-state index contributed by atoms with van der Waals surface area (Å²) < 4.78 is 11.8. The highest BCUT2D eigenvalue weighted by atomic mass is 35.5. The maximum atomic E-state index is 13.2. The van der Waals surface area contributed by atoms with Gasteiger partial charge in [0.25, 0.3) is 5.91 Å². The van der Waals surface area contributed by atoms with Crippen LogP contribution in [0.2, 0.25) is 5.02 Å². The molecule has 0 bridgehead atoms. The second-order valence-corrected chi connectivity index (χ2v) is 8.84. The molecule has 176 valence electrons. The van der Waals surface area contributed by atoms with Gasteiger partial charge in [0.1, 0.15) is 29.6 Å². The van der Waals surface area contributed by atoms with Crippen LogP contribution in [0.3, 0.4) is 0 Å². The van der Waals surface area contributed by atoms with Gasteiger partial charge in [0.05, 0.1) is 6.54 Å². The van der Waals surface area contributed by atoms with Crippen LogP contribution in [-0.4, -0.2) is 35.2 Å². The Morgan fingerprint density at radius 2 is 1.60 bits per heavy atom. The van der Waals surface area contributed by atoms with E-state index in [0.717, 1.165) is 27.5 Å². The average Bonchev–Trinajstić information content (AvgIpc) is 3.26. The van der Waals surface area contributed by atoms with Gasteiger partial charge in [-0.1, -0.05) is 60.1 Å². The van der Waals surface area contributed by atoms with E-state index in [-0.39, 0.29) is 19.1 Å². The second-order valence-electron chi connectivity index (χ2n) is 8.40. The first kappa shape index (κ1) is 23.0. The topological polar surface area (TPSA) is 62.9 Å². The van der Waals surface area contributed by atoms with Gasteiger partial charge in [-0.2, -0.15) is 0 Å². The first-order valence-electron chi connectivity index (χ1n) is 11.4. The molecule has 4 aromatic carbocycles. The monoisotopic (exact) mass is 485 g/mol. The molecule has 5 aromatic rings. The molecule has 0 aliphatic carbocycles. The first-order chi connectivity index (χ1) is 17.1. The lowest BCUT2D eigenvalue weighted by molar-refractivity contribution is 0.0482. The minimum Gasteiger partial charge on any atom is -0.491 e. The van der Waals surface area contributed by atoms with Crippen molar-refractivity contribution in [1.29, 1.82) is 0 Å². The lowest BCUT2D eigenvalue weighted by Gasteiger charge is -2.26. The van der Waals surface area contributed by atoms with Crippen molar-refractivity contribution in [2.24, 2.45) is 0 Å². The molecule has 0 saturated carbocycles. The molecule has 1 heterocycles. The fraction of sp³-hybridized carbons (Fsp3) is 0.138. The molecule has 1 amide bonds. The molecule has 35 heavy (non-hydrogen) atoms. The smallest absolute Gasteiger partial charge is 0.254 e. The number of benzene rings is 4. The number of amides is 1. The quantitative estimate of drug-likeness (QED) is 0.279. The van der Waals surface area contributed by atoms with E-state index in [4.69, 9.17) is 20.8 Å². The van der Waals surface area contributed by atoms with Crippen LogP contribution in [0.5, 0.6) is 5.75 Å². The Morgan fingerprint density at radius 3 is 2.40 bits per heavy atom. The van der Waals surface area contributed by atoms with Crippen molar-refractivity contribution < 1.29 is 19.1 Å². The van der Waals surface area contributed by atoms with Crippen molar-refractivity contribution >= 4 is 39.4 Å². The maximum absolute atomic E-state index is 13.2. The molecule has 1 aromatic heterocycles. The molecular formula is C29H24ClNO4. The van der Waals surface area contributed by atoms with Crippen LogP contribution in [0.25, 0.3) is 21.9 Å². The summed E-state index contributed by atoms with van der Waals surface area (Å²) in [7, 11) is 0. The second kappa shape index (κ2) is 10.2. The lowest BCUT2D eigenvalue weighted by Crippen LogP contribution is -2.39. The van der Waals surface area contributed by atoms with E-state index in [9.17, 15) is 9.90 Å². The zero-order valence-electron chi connectivity index (χ0n) is 18.9. The molecule has 6 heteroatoms. The van der Waals surface area contributed by atoms with E-state index in [1.165, 1.54) is 0 Å². The molecule has 0 saturated heterocycles. The van der Waals surface area contributed by atoms with E-state index in [1.807, 2.05) is 72.8 Å². The Bertz CT molecular complexity index is 1450. The molecule has 0 radical (unpaired) electrons. The number of hydrogen-bond acceptors (Lipinski definition) is 4. The zero-order chi connectivity index (χ0) is 24.2. The predicted molar refractivity (Wildman–Crippen MR) is 138 cm³/mol. The van der Waals surface area contributed by atoms with Crippen LogP contribution in [-0.2, 0) is 6.54 Å². The van der Waals surface area contributed by atoms with Gasteiger partial charge in [0.2, 0.25) is 0 Å². The Labute approximate surface area is 208 Å². The van der Waals surface area contributed by atoms with Crippen molar-refractivity contribution in [1.82, 2.24) is 4.90 Å². The van der Waals surface area contributed by atoms with Gasteiger partial charge in [-0.25, -0.2) is 0 Å². The van der Waals surface area contributed by atoms with Gasteiger partial charge >= 0.3 is 0 Å². The Kier molecular flexibility index (Phi) is 6.70. The molecule has 5 nitrogen and oxygen atoms in total. The third-order valence-electron chi connectivity index (χ3n) is 5.82. The van der Waals surface area contributed by atoms with E-state index < -0.39 is 6.10 Å². The van der Waals surface area contributed by atoms with Crippen LogP contribution >= 0.6 is 11.6 Å². The van der Waals surface area contributed by atoms with Gasteiger partial charge in [-0.3, -0.25) is 4.79 Å². The molecular weight excluding hydrogens is 462 g/mol. The lowest BCUT2D eigenvalue weighted by atomic mass is 10.1. The predicted octanol–water partition coefficient (Wildman–Crippen LogP) is 6.32. The molecule has 0 fully saturated rings. The largest absolute Gasteiger partial charge is 0.491 e. The Balaban J connectivity index is 1.30. The van der Waals surface area contributed by atoms with Crippen LogP contribution in [0.15, 0.2) is 101 Å². The standard InChI is InChI=1S/C29H24ClNO4/c30-22-12-10-21(11-13-22)29(33)31(17-20-6-2-1-3-7-20)18-23(32)19-34-24-14-15-28-26(16-24)25-8-4-5-9-27(25)35-28/h1-16,23,32H,17-19H2/t23-/m1/s1. The number of fused-ring (bicyclic) bond motifs is 3. The summed E-state index contributed by atoms with van der Waals surface area (Å²) in [5.74, 6) is 0.442. The zero-order valence-corrected chi connectivity index (χ0v) is 19.7. The van der Waals surface area contributed by atoms with E-state index in [0.29, 0.717) is 22.9 Å². The van der Waals surface area contributed by atoms with Crippen LogP contribution in [0.1, 0.15) is 15.9 Å². The Hall–Kier alpha value is -3.80. The number of hydrogen-bond donors (Lipinski definition) is 1. The number of ether oxygens (including phenoxy) is 1. The first-order valence-corrected chi connectivity index (χ1v) is 11.8. The number of furan rings is 1. The van der Waals surface area contributed by atoms with Crippen LogP contribution < -0.4 is 4.74 Å². The summed E-state index contributed by atoms with van der Waals surface area (Å²) in [5, 5.41) is 13.3. The molecule has 1 atom stereocenters. The summed E-state index contributed by atoms with van der Waals surface area (Å²) in [5.41, 5.74) is 3.08. The van der Waals surface area contributed by atoms with Gasteiger partial charge in [-0.15, -0.1) is 0 Å². The van der Waals surface area contributed by atoms with Crippen molar-refractivity contribution in [2.45, 2.75) is 12.6 Å². The maximum Gasteiger partial charge on any atom is 0.254 e. The number of halogens is 1. The minimum atomic E-state index is -0.883. The SMILES string of the molecule is O=C(c1ccc(Cl)cc1)N(Cc1ccccc1)C[C@@H](O)COc1ccc2oc3ccccc3c2c1. The minimum absolute atomic E-state index is 0.0421. The molecule has 0 aliphatic heterocycles. The number of carbonyl (C=O) groups is 1. The fourth-order valence-electron chi connectivity index (χ4n) is 4.09. The van der Waals surface area contributed by atoms with Crippen LogP contribution in [0, 0.1) is 0 Å². The number of para-hydroxylation sites is 1. The van der Waals surface area contributed by atoms with Crippen molar-refractivity contribution in [3.05, 3.63) is 113 Å². The summed E-state index contributed by atoms with van der Waals surface area (Å²) in [6.45, 7) is 0.528. The number of nitrogens with zero attached hydrogens (tertiary/aromatic N) is 1. The number of rotatable bonds is 8. The van der Waals surface area contributed by atoms with Gasteiger partial charge in [0.15, 0.2) is 0 Å². The van der Waals surface area contributed by atoms with Gasteiger partial charge in [-0.05, 0) is 54.1 Å². The average molecular weight is 486 g/mol. The molecule has 0 unspecified atom stereocenters. The van der Waals surface area contributed by atoms with E-state index >= 15 is 0 Å². The van der Waals surface area contributed by atoms with Crippen molar-refractivity contribution in [3.63, 3.8) is 0 Å².